The molecule has 0 bridgehead atoms. The van der Waals surface area contributed by atoms with Gasteiger partial charge in [-0.3, -0.25) is 9.59 Å². The molecule has 1 amide bonds. The smallest absolute Gasteiger partial charge is 0.225 e. The van der Waals surface area contributed by atoms with Gasteiger partial charge in [-0.25, -0.2) is 0 Å². The number of anilines is 1. The largest absolute Gasteiger partial charge is 0.497 e. The number of carbonyl (C=O) groups is 2. The van der Waals surface area contributed by atoms with Gasteiger partial charge in [-0.2, -0.15) is 0 Å². The monoisotopic (exact) mass is 356 g/mol. The van der Waals surface area contributed by atoms with E-state index in [1.807, 2.05) is 24.3 Å². The molecular formula is C20H24N2O4. The van der Waals surface area contributed by atoms with Crippen molar-refractivity contribution in [1.82, 2.24) is 5.32 Å². The molecule has 0 radical (unpaired) electrons. The van der Waals surface area contributed by atoms with E-state index < -0.39 is 0 Å². The summed E-state index contributed by atoms with van der Waals surface area (Å²) in [6.07, 6.45) is 0.358. The van der Waals surface area contributed by atoms with Crippen molar-refractivity contribution in [2.75, 3.05) is 32.1 Å². The van der Waals surface area contributed by atoms with Crippen LogP contribution in [0, 0.1) is 0 Å². The molecule has 0 unspecified atom stereocenters. The van der Waals surface area contributed by atoms with Crippen LogP contribution in [-0.4, -0.2) is 38.5 Å². The summed E-state index contributed by atoms with van der Waals surface area (Å²) in [5.74, 6) is 1.49. The van der Waals surface area contributed by atoms with Gasteiger partial charge in [0.25, 0.3) is 0 Å². The lowest BCUT2D eigenvalue weighted by atomic mass is 10.1. The Balaban J connectivity index is 1.58. The van der Waals surface area contributed by atoms with E-state index in [9.17, 15) is 9.59 Å². The SMILES string of the molecule is COc1ccc(OCCNCCC(=O)Nc2ccc(C(C)=O)cc2)cc1. The minimum atomic E-state index is -0.0795. The lowest BCUT2D eigenvalue weighted by Crippen LogP contribution is -2.25. The van der Waals surface area contributed by atoms with Crippen molar-refractivity contribution in [3.05, 3.63) is 54.1 Å². The quantitative estimate of drug-likeness (QED) is 0.506. The standard InChI is InChI=1S/C20H24N2O4/c1-15(23)16-3-5-17(6-4-16)22-20(24)11-12-21-13-14-26-19-9-7-18(25-2)8-10-19/h3-10,21H,11-14H2,1-2H3,(H,22,24). The predicted octanol–water partition coefficient (Wildman–Crippen LogP) is 2.90. The number of hydrogen-bond donors (Lipinski definition) is 2. The number of ketones is 1. The Hall–Kier alpha value is -2.86. The van der Waals surface area contributed by atoms with Crippen LogP contribution in [0.5, 0.6) is 11.5 Å². The van der Waals surface area contributed by atoms with Gasteiger partial charge < -0.3 is 20.1 Å². The summed E-state index contributed by atoms with van der Waals surface area (Å²) in [5.41, 5.74) is 1.31. The van der Waals surface area contributed by atoms with Gasteiger partial charge in [-0.1, -0.05) is 0 Å². The zero-order valence-corrected chi connectivity index (χ0v) is 15.1. The van der Waals surface area contributed by atoms with Crippen molar-refractivity contribution < 1.29 is 19.1 Å². The van der Waals surface area contributed by atoms with E-state index in [1.54, 1.807) is 31.4 Å². The lowest BCUT2D eigenvalue weighted by Gasteiger charge is -2.09. The Morgan fingerprint density at radius 3 is 2.19 bits per heavy atom. The fourth-order valence-corrected chi connectivity index (χ4v) is 2.25. The number of rotatable bonds is 10. The highest BCUT2D eigenvalue weighted by atomic mass is 16.5. The average molecular weight is 356 g/mol. The fraction of sp³-hybridized carbons (Fsp3) is 0.300. The molecule has 0 fully saturated rings. The van der Waals surface area contributed by atoms with E-state index in [0.717, 1.165) is 11.5 Å². The molecule has 0 atom stereocenters. The topological polar surface area (TPSA) is 76.7 Å². The molecular weight excluding hydrogens is 332 g/mol. The maximum absolute atomic E-state index is 11.9. The molecule has 0 heterocycles. The molecule has 0 spiro atoms. The second-order valence-electron chi connectivity index (χ2n) is 5.71. The third kappa shape index (κ3) is 6.57. The summed E-state index contributed by atoms with van der Waals surface area (Å²) < 4.78 is 10.7. The second-order valence-corrected chi connectivity index (χ2v) is 5.71. The van der Waals surface area contributed by atoms with E-state index in [1.165, 1.54) is 6.92 Å². The first kappa shape index (κ1) is 19.5. The van der Waals surface area contributed by atoms with Gasteiger partial charge in [-0.15, -0.1) is 0 Å². The number of nitrogens with one attached hydrogen (secondary N) is 2. The molecule has 0 aliphatic heterocycles. The van der Waals surface area contributed by atoms with Gasteiger partial charge in [0.05, 0.1) is 7.11 Å². The van der Waals surface area contributed by atoms with Crippen LogP contribution in [0.2, 0.25) is 0 Å². The fourth-order valence-electron chi connectivity index (χ4n) is 2.25. The number of carbonyl (C=O) groups excluding carboxylic acids is 2. The molecule has 2 aromatic carbocycles. The van der Waals surface area contributed by atoms with Crippen molar-refractivity contribution in [3.63, 3.8) is 0 Å². The normalized spacial score (nSPS) is 10.2. The predicted molar refractivity (Wildman–Crippen MR) is 101 cm³/mol. The first-order valence-corrected chi connectivity index (χ1v) is 8.47. The summed E-state index contributed by atoms with van der Waals surface area (Å²) in [7, 11) is 1.62. The van der Waals surface area contributed by atoms with Gasteiger partial charge in [0, 0.05) is 30.8 Å². The number of Topliss-reactive ketones (excluding diaryl/α,β-unsaturated/α-hetero) is 1. The number of hydrogen-bond acceptors (Lipinski definition) is 5. The van der Waals surface area contributed by atoms with Crippen molar-refractivity contribution in [3.8, 4) is 11.5 Å². The number of benzene rings is 2. The van der Waals surface area contributed by atoms with Crippen LogP contribution in [0.1, 0.15) is 23.7 Å². The summed E-state index contributed by atoms with van der Waals surface area (Å²) in [5, 5.41) is 5.97. The van der Waals surface area contributed by atoms with Gasteiger partial charge in [0.2, 0.25) is 5.91 Å². The minimum absolute atomic E-state index is 0.00364. The average Bonchev–Trinajstić information content (AvgIpc) is 2.65. The third-order valence-corrected chi connectivity index (χ3v) is 3.71. The highest BCUT2D eigenvalue weighted by Gasteiger charge is 2.03. The summed E-state index contributed by atoms with van der Waals surface area (Å²) in [4.78, 5) is 23.1. The molecule has 0 aromatic heterocycles. The molecule has 2 N–H and O–H groups in total. The van der Waals surface area contributed by atoms with E-state index in [2.05, 4.69) is 10.6 Å². The molecule has 6 nitrogen and oxygen atoms in total. The summed E-state index contributed by atoms with van der Waals surface area (Å²) in [6, 6.07) is 14.2. The third-order valence-electron chi connectivity index (χ3n) is 3.71. The maximum Gasteiger partial charge on any atom is 0.225 e. The molecule has 0 saturated heterocycles. The molecule has 2 rings (SSSR count). The van der Waals surface area contributed by atoms with Crippen LogP contribution >= 0.6 is 0 Å². The van der Waals surface area contributed by atoms with Crippen molar-refractivity contribution >= 4 is 17.4 Å². The van der Waals surface area contributed by atoms with Gasteiger partial charge in [0.1, 0.15) is 18.1 Å². The highest BCUT2D eigenvalue weighted by Crippen LogP contribution is 2.16. The van der Waals surface area contributed by atoms with Gasteiger partial charge in [-0.05, 0) is 55.5 Å². The van der Waals surface area contributed by atoms with Crippen LogP contribution in [0.4, 0.5) is 5.69 Å². The van der Waals surface area contributed by atoms with Crippen LogP contribution in [0.25, 0.3) is 0 Å². The van der Waals surface area contributed by atoms with Crippen LogP contribution in [0.3, 0.4) is 0 Å². The Labute approximate surface area is 153 Å². The Morgan fingerprint density at radius 1 is 0.923 bits per heavy atom. The lowest BCUT2D eigenvalue weighted by molar-refractivity contribution is -0.116. The Kier molecular flexibility index (Phi) is 7.64. The van der Waals surface area contributed by atoms with E-state index >= 15 is 0 Å². The molecule has 6 heteroatoms. The Bertz CT molecular complexity index is 712. The first-order chi connectivity index (χ1) is 12.6. The first-order valence-electron chi connectivity index (χ1n) is 8.47. The van der Waals surface area contributed by atoms with E-state index in [0.29, 0.717) is 37.4 Å². The zero-order valence-electron chi connectivity index (χ0n) is 15.1. The summed E-state index contributed by atoms with van der Waals surface area (Å²) >= 11 is 0. The van der Waals surface area contributed by atoms with Crippen molar-refractivity contribution in [2.45, 2.75) is 13.3 Å². The van der Waals surface area contributed by atoms with Crippen molar-refractivity contribution in [1.29, 1.82) is 0 Å². The van der Waals surface area contributed by atoms with Gasteiger partial charge >= 0.3 is 0 Å². The highest BCUT2D eigenvalue weighted by molar-refractivity contribution is 5.95. The minimum Gasteiger partial charge on any atom is -0.497 e. The number of methoxy groups -OCH3 is 1. The number of ether oxygens (including phenoxy) is 2. The van der Waals surface area contributed by atoms with Crippen molar-refractivity contribution in [2.24, 2.45) is 0 Å². The molecule has 0 aliphatic rings. The molecule has 0 saturated carbocycles. The van der Waals surface area contributed by atoms with Crippen LogP contribution in [-0.2, 0) is 4.79 Å². The molecule has 2 aromatic rings. The molecule has 26 heavy (non-hydrogen) atoms. The second kappa shape index (κ2) is 10.2. The molecule has 0 aliphatic carbocycles. The van der Waals surface area contributed by atoms with E-state index in [4.69, 9.17) is 9.47 Å². The van der Waals surface area contributed by atoms with Crippen LogP contribution in [0.15, 0.2) is 48.5 Å². The Morgan fingerprint density at radius 2 is 1.58 bits per heavy atom. The van der Waals surface area contributed by atoms with Gasteiger partial charge in [0.15, 0.2) is 5.78 Å². The number of amides is 1. The summed E-state index contributed by atoms with van der Waals surface area (Å²) in [6.45, 7) is 3.23. The maximum atomic E-state index is 11.9. The zero-order chi connectivity index (χ0) is 18.8. The molecule has 138 valence electrons. The van der Waals surface area contributed by atoms with E-state index in [-0.39, 0.29) is 11.7 Å². The van der Waals surface area contributed by atoms with Crippen LogP contribution < -0.4 is 20.1 Å².